The summed E-state index contributed by atoms with van der Waals surface area (Å²) in [5.41, 5.74) is 3.47. The van der Waals surface area contributed by atoms with Crippen LogP contribution in [0.15, 0.2) is 78.9 Å². The Bertz CT molecular complexity index is 1040. The molecule has 1 unspecified atom stereocenters. The summed E-state index contributed by atoms with van der Waals surface area (Å²) in [5.74, 6) is 0.747. The van der Waals surface area contributed by atoms with Crippen LogP contribution < -0.4 is 4.74 Å². The van der Waals surface area contributed by atoms with Crippen LogP contribution in [0, 0.1) is 10.1 Å². The molecule has 1 aliphatic rings. The molecule has 1 heterocycles. The predicted molar refractivity (Wildman–Crippen MR) is 134 cm³/mol. The largest absolute Gasteiger partial charge is 0.491 e. The van der Waals surface area contributed by atoms with E-state index < -0.39 is 6.10 Å². The topological polar surface area (TPSA) is 72.6 Å². The van der Waals surface area contributed by atoms with Gasteiger partial charge in [0.2, 0.25) is 0 Å². The molecule has 0 amide bonds. The zero-order chi connectivity index (χ0) is 23.8. The van der Waals surface area contributed by atoms with Crippen LogP contribution in [-0.4, -0.2) is 46.9 Å². The molecule has 0 spiro atoms. The average Bonchev–Trinajstić information content (AvgIpc) is 3.09. The third-order valence-corrected chi connectivity index (χ3v) is 6.68. The molecule has 6 nitrogen and oxygen atoms in total. The molecule has 1 aliphatic heterocycles. The van der Waals surface area contributed by atoms with E-state index in [0.717, 1.165) is 59.4 Å². The van der Waals surface area contributed by atoms with Gasteiger partial charge >= 0.3 is 0 Å². The lowest BCUT2D eigenvalue weighted by atomic mass is 10.1. The van der Waals surface area contributed by atoms with Gasteiger partial charge in [-0.3, -0.25) is 10.1 Å². The highest BCUT2D eigenvalue weighted by atomic mass is 16.6. The minimum Gasteiger partial charge on any atom is -0.491 e. The van der Waals surface area contributed by atoms with Gasteiger partial charge in [-0.25, -0.2) is 0 Å². The van der Waals surface area contributed by atoms with Crippen molar-refractivity contribution in [2.24, 2.45) is 0 Å². The highest BCUT2D eigenvalue weighted by molar-refractivity contribution is 5.63. The van der Waals surface area contributed by atoms with Gasteiger partial charge in [-0.1, -0.05) is 42.5 Å². The van der Waals surface area contributed by atoms with Crippen LogP contribution in [0.4, 0.5) is 5.69 Å². The Morgan fingerprint density at radius 1 is 0.853 bits per heavy atom. The van der Waals surface area contributed by atoms with Gasteiger partial charge in [-0.15, -0.1) is 0 Å². The molecular formula is C28H33N2O4+. The molecule has 178 valence electrons. The van der Waals surface area contributed by atoms with E-state index in [2.05, 4.69) is 12.1 Å². The van der Waals surface area contributed by atoms with Crippen LogP contribution >= 0.6 is 0 Å². The first-order valence-electron chi connectivity index (χ1n) is 12.1. The number of aliphatic hydroxyl groups excluding tert-OH is 1. The first-order valence-corrected chi connectivity index (χ1v) is 12.1. The van der Waals surface area contributed by atoms with E-state index in [0.29, 0.717) is 6.54 Å². The third-order valence-electron chi connectivity index (χ3n) is 6.68. The van der Waals surface area contributed by atoms with Crippen molar-refractivity contribution in [1.82, 2.24) is 0 Å². The monoisotopic (exact) mass is 461 g/mol. The lowest BCUT2D eigenvalue weighted by Crippen LogP contribution is -2.53. The fourth-order valence-corrected chi connectivity index (χ4v) is 4.94. The highest BCUT2D eigenvalue weighted by Gasteiger charge is 2.32. The summed E-state index contributed by atoms with van der Waals surface area (Å²) in [6.07, 6.45) is 4.08. The van der Waals surface area contributed by atoms with Gasteiger partial charge in [0, 0.05) is 17.7 Å². The Kier molecular flexibility index (Phi) is 7.93. The van der Waals surface area contributed by atoms with Gasteiger partial charge in [-0.2, -0.15) is 0 Å². The number of hydrogen-bond donors (Lipinski definition) is 1. The number of aliphatic hydroxyl groups is 1. The smallest absolute Gasteiger partial charge is 0.269 e. The molecule has 4 rings (SSSR count). The molecule has 1 saturated heterocycles. The summed E-state index contributed by atoms with van der Waals surface area (Å²) in [7, 11) is 0. The van der Waals surface area contributed by atoms with Crippen molar-refractivity contribution in [2.75, 3.05) is 26.2 Å². The summed E-state index contributed by atoms with van der Waals surface area (Å²) < 4.78 is 6.72. The lowest BCUT2D eigenvalue weighted by Gasteiger charge is -2.39. The summed E-state index contributed by atoms with van der Waals surface area (Å²) in [6, 6.07) is 25.0. The number of non-ortho nitro benzene ring substituents is 1. The number of quaternary nitrogens is 1. The van der Waals surface area contributed by atoms with Crippen LogP contribution in [0.25, 0.3) is 11.1 Å². The molecule has 0 saturated carbocycles. The zero-order valence-corrected chi connectivity index (χ0v) is 19.5. The Balaban J connectivity index is 1.38. The average molecular weight is 462 g/mol. The molecule has 0 radical (unpaired) electrons. The van der Waals surface area contributed by atoms with Crippen LogP contribution in [0.2, 0.25) is 0 Å². The van der Waals surface area contributed by atoms with E-state index in [4.69, 9.17) is 4.74 Å². The van der Waals surface area contributed by atoms with Crippen LogP contribution in [0.5, 0.6) is 5.75 Å². The second-order valence-electron chi connectivity index (χ2n) is 9.32. The molecule has 0 aromatic heterocycles. The quantitative estimate of drug-likeness (QED) is 0.256. The maximum absolute atomic E-state index is 11.0. The summed E-state index contributed by atoms with van der Waals surface area (Å²) in [4.78, 5) is 10.6. The van der Waals surface area contributed by atoms with E-state index in [-0.39, 0.29) is 17.2 Å². The summed E-state index contributed by atoms with van der Waals surface area (Å²) >= 11 is 0. The van der Waals surface area contributed by atoms with E-state index in [1.807, 2.05) is 54.6 Å². The van der Waals surface area contributed by atoms with Crippen LogP contribution in [0.3, 0.4) is 0 Å². The maximum Gasteiger partial charge on any atom is 0.269 e. The normalized spacial score (nSPS) is 16.4. The number of rotatable bonds is 9. The predicted octanol–water partition coefficient (Wildman–Crippen LogP) is 5.59. The van der Waals surface area contributed by atoms with E-state index >= 15 is 0 Å². The van der Waals surface area contributed by atoms with Crippen molar-refractivity contribution >= 4 is 5.69 Å². The molecule has 34 heavy (non-hydrogen) atoms. The molecule has 1 atom stereocenters. The highest BCUT2D eigenvalue weighted by Crippen LogP contribution is 2.25. The van der Waals surface area contributed by atoms with Gasteiger partial charge in [-0.05, 0) is 61.1 Å². The molecule has 0 bridgehead atoms. The standard InChI is InChI=1S/C28H33N2O4/c31-27(22-34-28-16-12-25(13-17-28)24-8-4-3-5-9-24)21-30(18-6-1-2-7-19-30)20-23-10-14-26(15-11-23)29(32)33/h3-5,8-17,27,31H,1-2,6-7,18-22H2/q+1. The van der Waals surface area contributed by atoms with Crippen molar-refractivity contribution in [3.05, 3.63) is 94.5 Å². The van der Waals surface area contributed by atoms with E-state index in [9.17, 15) is 15.2 Å². The molecule has 1 N–H and O–H groups in total. The second-order valence-corrected chi connectivity index (χ2v) is 9.32. The molecule has 6 heteroatoms. The fraction of sp³-hybridized carbons (Fsp3) is 0.357. The molecule has 1 fully saturated rings. The van der Waals surface area contributed by atoms with Gasteiger partial charge in [0.25, 0.3) is 5.69 Å². The van der Waals surface area contributed by atoms with E-state index in [1.54, 1.807) is 12.1 Å². The number of nitro groups is 1. The SMILES string of the molecule is O=[N+]([O-])c1ccc(C[N+]2(CC(O)COc3ccc(-c4ccccc4)cc3)CCCCCC2)cc1. The molecular weight excluding hydrogens is 428 g/mol. The Hall–Kier alpha value is -3.22. The maximum atomic E-state index is 11.0. The number of likely N-dealkylation sites (tertiary alicyclic amines) is 1. The Morgan fingerprint density at radius 2 is 1.47 bits per heavy atom. The third kappa shape index (κ3) is 6.43. The Labute approximate surface area is 201 Å². The first-order chi connectivity index (χ1) is 16.5. The number of nitro benzene ring substituents is 1. The number of benzene rings is 3. The number of ether oxygens (including phenoxy) is 1. The number of hydrogen-bond acceptors (Lipinski definition) is 4. The van der Waals surface area contributed by atoms with Gasteiger partial charge in [0.1, 0.15) is 31.5 Å². The van der Waals surface area contributed by atoms with Gasteiger partial charge in [0.15, 0.2) is 0 Å². The van der Waals surface area contributed by atoms with Crippen molar-refractivity contribution in [3.63, 3.8) is 0 Å². The first kappa shape index (κ1) is 23.9. The molecule has 0 aliphatic carbocycles. The lowest BCUT2D eigenvalue weighted by molar-refractivity contribution is -0.942. The fourth-order valence-electron chi connectivity index (χ4n) is 4.94. The summed E-state index contributed by atoms with van der Waals surface area (Å²) in [6.45, 7) is 3.62. The van der Waals surface area contributed by atoms with Crippen molar-refractivity contribution in [1.29, 1.82) is 0 Å². The van der Waals surface area contributed by atoms with Gasteiger partial charge in [0.05, 0.1) is 18.0 Å². The molecule has 3 aromatic rings. The summed E-state index contributed by atoms with van der Waals surface area (Å²) in [5, 5.41) is 21.9. The minimum absolute atomic E-state index is 0.109. The zero-order valence-electron chi connectivity index (χ0n) is 19.5. The van der Waals surface area contributed by atoms with Gasteiger partial charge < -0.3 is 14.3 Å². The number of nitrogens with zero attached hydrogens (tertiary/aromatic N) is 2. The van der Waals surface area contributed by atoms with Crippen molar-refractivity contribution in [2.45, 2.75) is 38.3 Å². The second kappa shape index (κ2) is 11.3. The van der Waals surface area contributed by atoms with Crippen LogP contribution in [0.1, 0.15) is 31.2 Å². The van der Waals surface area contributed by atoms with Crippen molar-refractivity contribution < 1.29 is 19.2 Å². The van der Waals surface area contributed by atoms with Crippen LogP contribution in [-0.2, 0) is 6.54 Å². The minimum atomic E-state index is -0.593. The van der Waals surface area contributed by atoms with E-state index in [1.165, 1.54) is 12.8 Å². The Morgan fingerprint density at radius 3 is 2.09 bits per heavy atom. The molecule has 3 aromatic carbocycles. The van der Waals surface area contributed by atoms with Crippen molar-refractivity contribution in [3.8, 4) is 16.9 Å².